The number of aryl methyl sites for hydroxylation is 1. The smallest absolute Gasteiger partial charge is 0.136 e. The fourth-order valence-corrected chi connectivity index (χ4v) is 2.01. The number of halogens is 1. The lowest BCUT2D eigenvalue weighted by atomic mass is 10.2. The summed E-state index contributed by atoms with van der Waals surface area (Å²) in [5.74, 6) is 1.54. The molecule has 18 heavy (non-hydrogen) atoms. The highest BCUT2D eigenvalue weighted by Gasteiger charge is 2.09. The van der Waals surface area contributed by atoms with Gasteiger partial charge in [-0.1, -0.05) is 12.1 Å². The van der Waals surface area contributed by atoms with E-state index >= 15 is 0 Å². The second-order valence-corrected chi connectivity index (χ2v) is 4.81. The number of nitrogens with two attached hydrogens (primary N) is 1. The highest BCUT2D eigenvalue weighted by atomic mass is 79.9. The predicted molar refractivity (Wildman–Crippen MR) is 75.8 cm³/mol. The van der Waals surface area contributed by atoms with Gasteiger partial charge >= 0.3 is 0 Å². The summed E-state index contributed by atoms with van der Waals surface area (Å²) in [6.07, 6.45) is 0. The molecule has 2 N–H and O–H groups in total. The molecule has 0 fully saturated rings. The van der Waals surface area contributed by atoms with Gasteiger partial charge < -0.3 is 10.5 Å². The van der Waals surface area contributed by atoms with Crippen LogP contribution in [-0.4, -0.2) is 16.4 Å². The first-order valence-corrected chi connectivity index (χ1v) is 6.61. The van der Waals surface area contributed by atoms with Crippen LogP contribution in [0.5, 0.6) is 5.75 Å². The highest BCUT2D eigenvalue weighted by molar-refractivity contribution is 9.10. The molecule has 2 rings (SSSR count). The van der Waals surface area contributed by atoms with Crippen LogP contribution in [-0.2, 0) is 6.54 Å². The molecule has 0 spiro atoms. The molecule has 0 radical (unpaired) electrons. The van der Waals surface area contributed by atoms with E-state index in [0.29, 0.717) is 19.0 Å². The van der Waals surface area contributed by atoms with Gasteiger partial charge in [-0.3, -0.25) is 0 Å². The predicted octanol–water partition coefficient (Wildman–Crippen LogP) is 2.98. The molecule has 4 nitrogen and oxygen atoms in total. The Bertz CT molecular complexity index is 534. The monoisotopic (exact) mass is 309 g/mol. The molecular formula is C13H16BrN3O. The minimum Gasteiger partial charge on any atom is -0.494 e. The molecule has 5 heteroatoms. The SMILES string of the molecule is CCOc1ccc(Cn2nc(C)c(Br)c2N)cc1. The summed E-state index contributed by atoms with van der Waals surface area (Å²) >= 11 is 3.42. The van der Waals surface area contributed by atoms with E-state index < -0.39 is 0 Å². The molecule has 0 saturated carbocycles. The Morgan fingerprint density at radius 2 is 2.00 bits per heavy atom. The van der Waals surface area contributed by atoms with Gasteiger partial charge in [0.25, 0.3) is 0 Å². The highest BCUT2D eigenvalue weighted by Crippen LogP contribution is 2.23. The quantitative estimate of drug-likeness (QED) is 0.944. The van der Waals surface area contributed by atoms with Crippen LogP contribution in [0.3, 0.4) is 0 Å². The Hall–Kier alpha value is -1.49. The number of hydrogen-bond acceptors (Lipinski definition) is 3. The van der Waals surface area contributed by atoms with Gasteiger partial charge in [-0.05, 0) is 47.5 Å². The van der Waals surface area contributed by atoms with Gasteiger partial charge in [0, 0.05) is 0 Å². The maximum atomic E-state index is 5.96. The van der Waals surface area contributed by atoms with E-state index in [0.717, 1.165) is 21.5 Å². The van der Waals surface area contributed by atoms with Crippen LogP contribution in [0.2, 0.25) is 0 Å². The Balaban J connectivity index is 2.15. The number of aromatic nitrogens is 2. The van der Waals surface area contributed by atoms with Crippen molar-refractivity contribution in [3.05, 3.63) is 40.0 Å². The molecule has 0 unspecified atom stereocenters. The van der Waals surface area contributed by atoms with Gasteiger partial charge in [0.2, 0.25) is 0 Å². The van der Waals surface area contributed by atoms with E-state index in [1.54, 1.807) is 4.68 Å². The molecule has 0 amide bonds. The average molecular weight is 310 g/mol. The zero-order chi connectivity index (χ0) is 13.1. The third-order valence-corrected chi connectivity index (χ3v) is 3.64. The van der Waals surface area contributed by atoms with Gasteiger partial charge in [0.1, 0.15) is 11.6 Å². The van der Waals surface area contributed by atoms with Gasteiger partial charge in [-0.15, -0.1) is 0 Å². The van der Waals surface area contributed by atoms with Crippen molar-refractivity contribution in [3.63, 3.8) is 0 Å². The summed E-state index contributed by atoms with van der Waals surface area (Å²) in [7, 11) is 0. The number of nitrogen functional groups attached to an aromatic ring is 1. The van der Waals surface area contributed by atoms with Crippen molar-refractivity contribution in [1.29, 1.82) is 0 Å². The molecule has 1 aromatic carbocycles. The number of hydrogen-bond donors (Lipinski definition) is 1. The summed E-state index contributed by atoms with van der Waals surface area (Å²) in [6.45, 7) is 5.23. The second-order valence-electron chi connectivity index (χ2n) is 4.02. The minimum atomic E-state index is 0.654. The van der Waals surface area contributed by atoms with E-state index in [1.165, 1.54) is 0 Å². The van der Waals surface area contributed by atoms with E-state index in [-0.39, 0.29) is 0 Å². The van der Waals surface area contributed by atoms with Crippen molar-refractivity contribution in [2.75, 3.05) is 12.3 Å². The molecule has 0 aliphatic rings. The van der Waals surface area contributed by atoms with Crippen molar-refractivity contribution in [2.45, 2.75) is 20.4 Å². The maximum absolute atomic E-state index is 5.96. The van der Waals surface area contributed by atoms with Crippen LogP contribution in [0.4, 0.5) is 5.82 Å². The second kappa shape index (κ2) is 5.44. The number of anilines is 1. The fourth-order valence-electron chi connectivity index (χ4n) is 1.73. The molecule has 0 atom stereocenters. The number of ether oxygens (including phenoxy) is 1. The lowest BCUT2D eigenvalue weighted by Crippen LogP contribution is -2.06. The Morgan fingerprint density at radius 3 is 2.50 bits per heavy atom. The first kappa shape index (κ1) is 13.0. The van der Waals surface area contributed by atoms with E-state index in [1.807, 2.05) is 38.1 Å². The molecule has 0 aliphatic heterocycles. The van der Waals surface area contributed by atoms with Crippen molar-refractivity contribution in [1.82, 2.24) is 9.78 Å². The minimum absolute atomic E-state index is 0.654. The standard InChI is InChI=1S/C13H16BrN3O/c1-3-18-11-6-4-10(5-7-11)8-17-13(15)12(14)9(2)16-17/h4-7H,3,8,15H2,1-2H3. The molecule has 2 aromatic rings. The van der Waals surface area contributed by atoms with Crippen LogP contribution < -0.4 is 10.5 Å². The number of nitrogens with zero attached hydrogens (tertiary/aromatic N) is 2. The molecule has 96 valence electrons. The van der Waals surface area contributed by atoms with Crippen LogP contribution in [0.15, 0.2) is 28.7 Å². The lowest BCUT2D eigenvalue weighted by molar-refractivity contribution is 0.340. The van der Waals surface area contributed by atoms with Crippen molar-refractivity contribution in [3.8, 4) is 5.75 Å². The average Bonchev–Trinajstić information content (AvgIpc) is 2.60. The zero-order valence-electron chi connectivity index (χ0n) is 10.5. The molecule has 1 heterocycles. The molecule has 0 saturated heterocycles. The van der Waals surface area contributed by atoms with Gasteiger partial charge in [0.15, 0.2) is 0 Å². The first-order valence-electron chi connectivity index (χ1n) is 5.82. The lowest BCUT2D eigenvalue weighted by Gasteiger charge is -2.06. The first-order chi connectivity index (χ1) is 8.61. The van der Waals surface area contributed by atoms with Gasteiger partial charge in [-0.25, -0.2) is 4.68 Å². The Morgan fingerprint density at radius 1 is 1.33 bits per heavy atom. The molecule has 0 aliphatic carbocycles. The Kier molecular flexibility index (Phi) is 3.91. The van der Waals surface area contributed by atoms with Crippen molar-refractivity contribution >= 4 is 21.7 Å². The van der Waals surface area contributed by atoms with E-state index in [9.17, 15) is 0 Å². The van der Waals surface area contributed by atoms with Crippen LogP contribution in [0, 0.1) is 6.92 Å². The van der Waals surface area contributed by atoms with Crippen LogP contribution in [0.1, 0.15) is 18.2 Å². The van der Waals surface area contributed by atoms with Gasteiger partial charge in [0.05, 0.1) is 23.3 Å². The van der Waals surface area contributed by atoms with E-state index in [2.05, 4.69) is 21.0 Å². The number of benzene rings is 1. The third kappa shape index (κ3) is 2.67. The van der Waals surface area contributed by atoms with Gasteiger partial charge in [-0.2, -0.15) is 5.10 Å². The molecule has 1 aromatic heterocycles. The van der Waals surface area contributed by atoms with Crippen LogP contribution >= 0.6 is 15.9 Å². The summed E-state index contributed by atoms with van der Waals surface area (Å²) in [4.78, 5) is 0. The largest absolute Gasteiger partial charge is 0.494 e. The zero-order valence-corrected chi connectivity index (χ0v) is 12.1. The topological polar surface area (TPSA) is 53.1 Å². The maximum Gasteiger partial charge on any atom is 0.136 e. The summed E-state index contributed by atoms with van der Waals surface area (Å²) in [5.41, 5.74) is 8.00. The normalized spacial score (nSPS) is 10.6. The molecule has 0 bridgehead atoms. The van der Waals surface area contributed by atoms with Crippen molar-refractivity contribution < 1.29 is 4.74 Å². The number of rotatable bonds is 4. The summed E-state index contributed by atoms with van der Waals surface area (Å²) < 4.78 is 8.06. The van der Waals surface area contributed by atoms with Crippen molar-refractivity contribution in [2.24, 2.45) is 0 Å². The summed E-state index contributed by atoms with van der Waals surface area (Å²) in [6, 6.07) is 7.96. The third-order valence-electron chi connectivity index (χ3n) is 2.66. The molecular weight excluding hydrogens is 294 g/mol. The van der Waals surface area contributed by atoms with Crippen LogP contribution in [0.25, 0.3) is 0 Å². The van der Waals surface area contributed by atoms with E-state index in [4.69, 9.17) is 10.5 Å². The Labute approximate surface area is 115 Å². The summed E-state index contributed by atoms with van der Waals surface area (Å²) in [5, 5.41) is 4.38. The fraction of sp³-hybridized carbons (Fsp3) is 0.308.